The molecule has 1 aliphatic heterocycles. The largest absolute Gasteiger partial charge is 0.454 e. The van der Waals surface area contributed by atoms with Gasteiger partial charge in [-0.3, -0.25) is 0 Å². The van der Waals surface area contributed by atoms with Crippen molar-refractivity contribution in [1.82, 2.24) is 0 Å². The van der Waals surface area contributed by atoms with E-state index < -0.39 is 0 Å². The van der Waals surface area contributed by atoms with Crippen LogP contribution in [0.2, 0.25) is 5.02 Å². The molecule has 2 aromatic rings. The van der Waals surface area contributed by atoms with E-state index in [1.165, 1.54) is 0 Å². The lowest BCUT2D eigenvalue weighted by atomic mass is 10.1. The topological polar surface area (TPSA) is 50.7 Å². The molecule has 2 N–H and O–H groups in total. The summed E-state index contributed by atoms with van der Waals surface area (Å²) in [4.78, 5) is 0. The van der Waals surface area contributed by atoms with Crippen molar-refractivity contribution in [3.05, 3.63) is 52.5 Å². The zero-order chi connectivity index (χ0) is 13.9. The third-order valence-corrected chi connectivity index (χ3v) is 3.37. The van der Waals surface area contributed by atoms with Crippen LogP contribution in [0.15, 0.2) is 36.4 Å². The summed E-state index contributed by atoms with van der Waals surface area (Å²) in [5, 5.41) is 13.0. The predicted molar refractivity (Wildman–Crippen MR) is 77.3 cm³/mol. The maximum absolute atomic E-state index is 9.11. The summed E-state index contributed by atoms with van der Waals surface area (Å²) in [6.45, 7) is 0.862. The molecule has 1 heterocycles. The van der Waals surface area contributed by atoms with Gasteiger partial charge in [-0.05, 0) is 35.4 Å². The molecule has 4 nitrogen and oxygen atoms in total. The van der Waals surface area contributed by atoms with E-state index in [0.717, 1.165) is 16.8 Å². The van der Waals surface area contributed by atoms with Crippen molar-refractivity contribution in [2.45, 2.75) is 13.2 Å². The summed E-state index contributed by atoms with van der Waals surface area (Å²) in [6.07, 6.45) is 0. The molecule has 0 spiro atoms. The molecule has 0 atom stereocenters. The van der Waals surface area contributed by atoms with Gasteiger partial charge in [-0.25, -0.2) is 0 Å². The Balaban J connectivity index is 1.73. The summed E-state index contributed by atoms with van der Waals surface area (Å²) < 4.78 is 10.6. The minimum atomic E-state index is 0.0331. The second-order valence-electron chi connectivity index (χ2n) is 4.52. The Morgan fingerprint density at radius 1 is 1.15 bits per heavy atom. The lowest BCUT2D eigenvalue weighted by molar-refractivity contribution is 0.174. The Kier molecular flexibility index (Phi) is 3.67. The molecule has 0 aliphatic carbocycles. The van der Waals surface area contributed by atoms with E-state index in [2.05, 4.69) is 5.32 Å². The highest BCUT2D eigenvalue weighted by Gasteiger charge is 2.18. The third kappa shape index (κ3) is 2.66. The minimum Gasteiger partial charge on any atom is -0.454 e. The molecule has 2 aromatic carbocycles. The first-order chi connectivity index (χ1) is 9.76. The van der Waals surface area contributed by atoms with Gasteiger partial charge in [0, 0.05) is 12.2 Å². The fourth-order valence-electron chi connectivity index (χ4n) is 2.11. The second-order valence-corrected chi connectivity index (χ2v) is 4.93. The Bertz CT molecular complexity index is 631. The summed E-state index contributed by atoms with van der Waals surface area (Å²) in [7, 11) is 0. The number of fused-ring (bicyclic) bond motifs is 1. The Morgan fingerprint density at radius 2 is 2.05 bits per heavy atom. The Hall–Kier alpha value is -1.91. The van der Waals surface area contributed by atoms with Gasteiger partial charge in [0.05, 0.1) is 11.6 Å². The third-order valence-electron chi connectivity index (χ3n) is 3.09. The highest BCUT2D eigenvalue weighted by molar-refractivity contribution is 6.32. The van der Waals surface area contributed by atoms with Gasteiger partial charge in [0.15, 0.2) is 11.5 Å². The van der Waals surface area contributed by atoms with Crippen LogP contribution in [0.25, 0.3) is 0 Å². The smallest absolute Gasteiger partial charge is 0.231 e. The van der Waals surface area contributed by atoms with Crippen molar-refractivity contribution in [1.29, 1.82) is 0 Å². The fraction of sp³-hybridized carbons (Fsp3) is 0.200. The minimum absolute atomic E-state index is 0.0331. The number of ether oxygens (including phenoxy) is 2. The monoisotopic (exact) mass is 291 g/mol. The SMILES string of the molecule is OCc1cccc(NCc2cc(Cl)c3c(c2)OCO3)c1. The molecular formula is C15H14ClNO3. The molecule has 0 fully saturated rings. The number of halogens is 1. The van der Waals surface area contributed by atoms with E-state index in [0.29, 0.717) is 23.1 Å². The Morgan fingerprint density at radius 3 is 2.90 bits per heavy atom. The lowest BCUT2D eigenvalue weighted by Crippen LogP contribution is -2.00. The molecule has 0 amide bonds. The average Bonchev–Trinajstić information content (AvgIpc) is 2.94. The average molecular weight is 292 g/mol. The number of anilines is 1. The number of hydrogen-bond donors (Lipinski definition) is 2. The van der Waals surface area contributed by atoms with Crippen molar-refractivity contribution in [3.8, 4) is 11.5 Å². The molecule has 104 valence electrons. The zero-order valence-corrected chi connectivity index (χ0v) is 11.5. The number of aliphatic hydroxyl groups is 1. The molecular weight excluding hydrogens is 278 g/mol. The first-order valence-electron chi connectivity index (χ1n) is 6.28. The molecule has 5 heteroatoms. The van der Waals surface area contributed by atoms with E-state index in [1.807, 2.05) is 36.4 Å². The van der Waals surface area contributed by atoms with Crippen LogP contribution in [0.3, 0.4) is 0 Å². The maximum Gasteiger partial charge on any atom is 0.231 e. The van der Waals surface area contributed by atoms with Crippen molar-refractivity contribution in [3.63, 3.8) is 0 Å². The Labute approximate surface area is 121 Å². The van der Waals surface area contributed by atoms with Gasteiger partial charge in [0.1, 0.15) is 0 Å². The van der Waals surface area contributed by atoms with Crippen LogP contribution >= 0.6 is 11.6 Å². The number of rotatable bonds is 4. The summed E-state index contributed by atoms with van der Waals surface area (Å²) in [6, 6.07) is 11.4. The van der Waals surface area contributed by atoms with E-state index >= 15 is 0 Å². The highest BCUT2D eigenvalue weighted by Crippen LogP contribution is 2.39. The zero-order valence-electron chi connectivity index (χ0n) is 10.7. The summed E-state index contributed by atoms with van der Waals surface area (Å²) in [5.74, 6) is 1.29. The van der Waals surface area contributed by atoms with Gasteiger partial charge >= 0.3 is 0 Å². The van der Waals surface area contributed by atoms with Crippen LogP contribution in [-0.2, 0) is 13.2 Å². The van der Waals surface area contributed by atoms with Crippen LogP contribution in [0.4, 0.5) is 5.69 Å². The van der Waals surface area contributed by atoms with Gasteiger partial charge in [0.25, 0.3) is 0 Å². The van der Waals surface area contributed by atoms with Gasteiger partial charge in [0.2, 0.25) is 6.79 Å². The van der Waals surface area contributed by atoms with E-state index in [4.69, 9.17) is 26.2 Å². The number of aliphatic hydroxyl groups excluding tert-OH is 1. The maximum atomic E-state index is 9.11. The van der Waals surface area contributed by atoms with Crippen LogP contribution in [0, 0.1) is 0 Å². The number of benzene rings is 2. The van der Waals surface area contributed by atoms with Crippen LogP contribution in [0.1, 0.15) is 11.1 Å². The first kappa shape index (κ1) is 13.1. The summed E-state index contributed by atoms with van der Waals surface area (Å²) in [5.41, 5.74) is 2.83. The van der Waals surface area contributed by atoms with Gasteiger partial charge < -0.3 is 19.9 Å². The predicted octanol–water partition coefficient (Wildman–Crippen LogP) is 3.17. The van der Waals surface area contributed by atoms with Gasteiger partial charge in [-0.1, -0.05) is 23.7 Å². The molecule has 0 saturated heterocycles. The number of nitrogens with one attached hydrogen (secondary N) is 1. The molecule has 0 unspecified atom stereocenters. The standard InChI is InChI=1S/C15H14ClNO3/c16-13-5-11(6-14-15(13)20-9-19-14)7-17-12-3-1-2-10(4-12)8-18/h1-6,17-18H,7-9H2. The number of hydrogen-bond acceptors (Lipinski definition) is 4. The van der Waals surface area contributed by atoms with Gasteiger partial charge in [-0.2, -0.15) is 0 Å². The second kappa shape index (κ2) is 5.61. The molecule has 1 aliphatic rings. The van der Waals surface area contributed by atoms with Crippen molar-refractivity contribution >= 4 is 17.3 Å². The van der Waals surface area contributed by atoms with E-state index in [9.17, 15) is 0 Å². The molecule has 0 aromatic heterocycles. The molecule has 0 saturated carbocycles. The first-order valence-corrected chi connectivity index (χ1v) is 6.66. The fourth-order valence-corrected chi connectivity index (χ4v) is 2.39. The quantitative estimate of drug-likeness (QED) is 0.908. The molecule has 3 rings (SSSR count). The van der Waals surface area contributed by atoms with Crippen LogP contribution < -0.4 is 14.8 Å². The highest BCUT2D eigenvalue weighted by atomic mass is 35.5. The van der Waals surface area contributed by atoms with Crippen LogP contribution in [-0.4, -0.2) is 11.9 Å². The van der Waals surface area contributed by atoms with E-state index in [1.54, 1.807) is 0 Å². The lowest BCUT2D eigenvalue weighted by Gasteiger charge is -2.09. The molecule has 0 bridgehead atoms. The summed E-state index contributed by atoms with van der Waals surface area (Å²) >= 11 is 6.14. The molecule has 20 heavy (non-hydrogen) atoms. The van der Waals surface area contributed by atoms with E-state index in [-0.39, 0.29) is 13.4 Å². The van der Waals surface area contributed by atoms with Crippen molar-refractivity contribution < 1.29 is 14.6 Å². The van der Waals surface area contributed by atoms with Gasteiger partial charge in [-0.15, -0.1) is 0 Å². The van der Waals surface area contributed by atoms with Crippen molar-refractivity contribution in [2.24, 2.45) is 0 Å². The van der Waals surface area contributed by atoms with Crippen molar-refractivity contribution in [2.75, 3.05) is 12.1 Å². The molecule has 0 radical (unpaired) electrons. The van der Waals surface area contributed by atoms with Crippen LogP contribution in [0.5, 0.6) is 11.5 Å². The normalized spacial score (nSPS) is 12.5.